The van der Waals surface area contributed by atoms with Crippen molar-refractivity contribution in [1.29, 1.82) is 0 Å². The zero-order chi connectivity index (χ0) is 15.5. The summed E-state index contributed by atoms with van der Waals surface area (Å²) in [6.07, 6.45) is 0.830. The minimum atomic E-state index is -0.327. The van der Waals surface area contributed by atoms with Crippen LogP contribution in [0.25, 0.3) is 10.8 Å². The molecule has 0 bridgehead atoms. The zero-order valence-corrected chi connectivity index (χ0v) is 12.7. The molecule has 0 saturated carbocycles. The molecule has 0 radical (unpaired) electrons. The maximum absolute atomic E-state index is 11.2. The summed E-state index contributed by atoms with van der Waals surface area (Å²) in [5.74, 6) is 0.177. The zero-order valence-electron chi connectivity index (χ0n) is 12.7. The predicted molar refractivity (Wildman–Crippen MR) is 85.9 cm³/mol. The molecule has 0 atom stereocenters. The molecule has 0 aliphatic rings. The molecule has 0 aliphatic carbocycles. The van der Waals surface area contributed by atoms with Crippen molar-refractivity contribution in [2.24, 2.45) is 0 Å². The van der Waals surface area contributed by atoms with E-state index in [2.05, 4.69) is 35.4 Å². The van der Waals surface area contributed by atoms with Crippen molar-refractivity contribution in [3.8, 4) is 5.88 Å². The molecule has 4 heteroatoms. The van der Waals surface area contributed by atoms with Gasteiger partial charge in [0.1, 0.15) is 0 Å². The van der Waals surface area contributed by atoms with Gasteiger partial charge in [-0.1, -0.05) is 42.5 Å². The highest BCUT2D eigenvalue weighted by Gasteiger charge is 2.09. The maximum atomic E-state index is 11.2. The number of carbonyl (C=O) groups excluding carboxylic acids is 1. The molecule has 1 heterocycles. The van der Waals surface area contributed by atoms with Crippen molar-refractivity contribution in [3.05, 3.63) is 59.8 Å². The van der Waals surface area contributed by atoms with Gasteiger partial charge in [0.05, 0.1) is 5.69 Å². The van der Waals surface area contributed by atoms with Crippen molar-refractivity contribution in [2.45, 2.75) is 26.8 Å². The van der Waals surface area contributed by atoms with Crippen LogP contribution in [0, 0.1) is 6.92 Å². The fraction of sp³-hybridized carbons (Fsp3) is 0.222. The van der Waals surface area contributed by atoms with Gasteiger partial charge in [0, 0.05) is 19.5 Å². The van der Waals surface area contributed by atoms with E-state index in [0.29, 0.717) is 12.4 Å². The number of hydrogen-bond acceptors (Lipinski definition) is 3. The van der Waals surface area contributed by atoms with Crippen LogP contribution in [0.4, 0.5) is 0 Å². The Hall–Kier alpha value is -2.62. The molecular formula is C18H18N2O2. The molecule has 0 aliphatic heterocycles. The Kier molecular flexibility index (Phi) is 3.92. The highest BCUT2D eigenvalue weighted by atomic mass is 16.5. The summed E-state index contributed by atoms with van der Waals surface area (Å²) < 4.78 is 6.95. The smallest absolute Gasteiger partial charge is 0.309 e. The van der Waals surface area contributed by atoms with Crippen LogP contribution in [-0.4, -0.2) is 15.7 Å². The Morgan fingerprint density at radius 1 is 1.18 bits per heavy atom. The minimum absolute atomic E-state index is 0.327. The molecule has 1 aromatic heterocycles. The first-order valence-electron chi connectivity index (χ1n) is 7.33. The third-order valence-electron chi connectivity index (χ3n) is 3.59. The number of nitrogens with zero attached hydrogens (tertiary/aromatic N) is 2. The summed E-state index contributed by atoms with van der Waals surface area (Å²) in [7, 11) is 0. The van der Waals surface area contributed by atoms with E-state index in [1.54, 1.807) is 10.7 Å². The molecule has 22 heavy (non-hydrogen) atoms. The average molecular weight is 294 g/mol. The van der Waals surface area contributed by atoms with Crippen LogP contribution in [0.2, 0.25) is 0 Å². The Balaban J connectivity index is 1.84. The van der Waals surface area contributed by atoms with Crippen molar-refractivity contribution < 1.29 is 9.53 Å². The van der Waals surface area contributed by atoms with Crippen molar-refractivity contribution in [3.63, 3.8) is 0 Å². The Morgan fingerprint density at radius 2 is 1.95 bits per heavy atom. The van der Waals surface area contributed by atoms with Gasteiger partial charge < -0.3 is 4.74 Å². The van der Waals surface area contributed by atoms with Gasteiger partial charge in [0.15, 0.2) is 0 Å². The summed E-state index contributed by atoms with van der Waals surface area (Å²) in [6.45, 7) is 3.96. The molecule has 4 nitrogen and oxygen atoms in total. The molecule has 3 rings (SSSR count). The number of fused-ring (bicyclic) bond motifs is 1. The van der Waals surface area contributed by atoms with Crippen LogP contribution in [0.5, 0.6) is 5.88 Å². The number of benzene rings is 2. The molecule has 0 spiro atoms. The largest absolute Gasteiger partial charge is 0.408 e. The van der Waals surface area contributed by atoms with Crippen LogP contribution < -0.4 is 4.74 Å². The molecule has 3 aromatic rings. The molecule has 0 N–H and O–H groups in total. The average Bonchev–Trinajstić information content (AvgIpc) is 2.84. The van der Waals surface area contributed by atoms with E-state index in [9.17, 15) is 4.79 Å². The fourth-order valence-corrected chi connectivity index (χ4v) is 2.65. The summed E-state index contributed by atoms with van der Waals surface area (Å²) in [5.41, 5.74) is 2.11. The molecule has 0 amide bonds. The van der Waals surface area contributed by atoms with Crippen LogP contribution in [0.15, 0.2) is 48.5 Å². The Labute approximate surface area is 129 Å². The monoisotopic (exact) mass is 294 g/mol. The predicted octanol–water partition coefficient (Wildman–Crippen LogP) is 3.51. The van der Waals surface area contributed by atoms with Crippen molar-refractivity contribution in [2.75, 3.05) is 0 Å². The second-order valence-corrected chi connectivity index (χ2v) is 5.33. The van der Waals surface area contributed by atoms with Gasteiger partial charge in [-0.05, 0) is 29.7 Å². The number of hydrogen-bond donors (Lipinski definition) is 0. The third-order valence-corrected chi connectivity index (χ3v) is 3.59. The van der Waals surface area contributed by atoms with E-state index in [4.69, 9.17) is 4.74 Å². The molecule has 0 saturated heterocycles. The van der Waals surface area contributed by atoms with Crippen LogP contribution in [0.1, 0.15) is 18.2 Å². The van der Waals surface area contributed by atoms with Crippen molar-refractivity contribution in [1.82, 2.24) is 9.78 Å². The van der Waals surface area contributed by atoms with Crippen LogP contribution in [0.3, 0.4) is 0 Å². The van der Waals surface area contributed by atoms with E-state index in [0.717, 1.165) is 12.1 Å². The molecule has 2 aromatic carbocycles. The lowest BCUT2D eigenvalue weighted by Gasteiger charge is -2.09. The number of aryl methyl sites for hydroxylation is 3. The topological polar surface area (TPSA) is 44.1 Å². The number of ether oxygens (including phenoxy) is 1. The van der Waals surface area contributed by atoms with Gasteiger partial charge in [-0.25, -0.2) is 4.68 Å². The van der Waals surface area contributed by atoms with E-state index in [1.165, 1.54) is 23.3 Å². The first-order chi connectivity index (χ1) is 10.6. The lowest BCUT2D eigenvalue weighted by Crippen LogP contribution is -2.10. The summed E-state index contributed by atoms with van der Waals surface area (Å²) in [6, 6.07) is 16.4. The number of aromatic nitrogens is 2. The van der Waals surface area contributed by atoms with E-state index < -0.39 is 0 Å². The normalized spacial score (nSPS) is 10.8. The van der Waals surface area contributed by atoms with Crippen molar-refractivity contribution >= 4 is 16.7 Å². The molecular weight excluding hydrogens is 276 g/mol. The number of rotatable bonds is 4. The highest BCUT2D eigenvalue weighted by molar-refractivity contribution is 5.85. The first-order valence-corrected chi connectivity index (χ1v) is 7.33. The second-order valence-electron chi connectivity index (χ2n) is 5.33. The quantitative estimate of drug-likeness (QED) is 0.692. The standard InChI is InChI=1S/C18H18N2O2/c1-13-12-18(22-14(2)21)20(19-13)11-10-16-8-5-7-15-6-3-4-9-17(15)16/h3-9,12H,10-11H2,1-2H3. The van der Waals surface area contributed by atoms with Gasteiger partial charge in [0.25, 0.3) is 0 Å². The van der Waals surface area contributed by atoms with E-state index in [-0.39, 0.29) is 5.97 Å². The number of carbonyl (C=O) groups is 1. The molecule has 112 valence electrons. The van der Waals surface area contributed by atoms with Gasteiger partial charge in [0.2, 0.25) is 5.88 Å². The molecule has 0 unspecified atom stereocenters. The summed E-state index contributed by atoms with van der Waals surface area (Å²) in [4.78, 5) is 11.2. The lowest BCUT2D eigenvalue weighted by atomic mass is 10.0. The lowest BCUT2D eigenvalue weighted by molar-refractivity contribution is -0.132. The Bertz CT molecular complexity index is 816. The number of esters is 1. The van der Waals surface area contributed by atoms with Gasteiger partial charge >= 0.3 is 5.97 Å². The first kappa shape index (κ1) is 14.3. The van der Waals surface area contributed by atoms with E-state index >= 15 is 0 Å². The third kappa shape index (κ3) is 3.01. The van der Waals surface area contributed by atoms with Gasteiger partial charge in [-0.2, -0.15) is 5.10 Å². The summed E-state index contributed by atoms with van der Waals surface area (Å²) >= 11 is 0. The second kappa shape index (κ2) is 6.02. The van der Waals surface area contributed by atoms with Gasteiger partial charge in [-0.3, -0.25) is 4.79 Å². The molecule has 0 fully saturated rings. The van der Waals surface area contributed by atoms with Crippen LogP contribution >= 0.6 is 0 Å². The van der Waals surface area contributed by atoms with Gasteiger partial charge in [-0.15, -0.1) is 0 Å². The Morgan fingerprint density at radius 3 is 2.77 bits per heavy atom. The van der Waals surface area contributed by atoms with Crippen LogP contribution in [-0.2, 0) is 17.8 Å². The minimum Gasteiger partial charge on any atom is -0.408 e. The SMILES string of the molecule is CC(=O)Oc1cc(C)nn1CCc1cccc2ccccc12. The fourth-order valence-electron chi connectivity index (χ4n) is 2.65. The maximum Gasteiger partial charge on any atom is 0.309 e. The highest BCUT2D eigenvalue weighted by Crippen LogP contribution is 2.20. The summed E-state index contributed by atoms with van der Waals surface area (Å²) in [5, 5.41) is 6.88. The van der Waals surface area contributed by atoms with E-state index in [1.807, 2.05) is 19.1 Å².